The summed E-state index contributed by atoms with van der Waals surface area (Å²) in [6.07, 6.45) is -0.406. The second-order valence-electron chi connectivity index (χ2n) is 3.27. The number of hydrogen-bond donors (Lipinski definition) is 1. The summed E-state index contributed by atoms with van der Waals surface area (Å²) in [7, 11) is 1.37. The zero-order valence-electron chi connectivity index (χ0n) is 8.64. The van der Waals surface area contributed by atoms with E-state index in [-0.39, 0.29) is 0 Å². The molecule has 0 heterocycles. The van der Waals surface area contributed by atoms with E-state index < -0.39 is 12.1 Å². The number of methoxy groups -OCH3 is 1. The summed E-state index contributed by atoms with van der Waals surface area (Å²) < 4.78 is 4.85. The van der Waals surface area contributed by atoms with Gasteiger partial charge in [-0.05, 0) is 17.6 Å². The minimum Gasteiger partial charge on any atom is -0.479 e. The largest absolute Gasteiger partial charge is 0.479 e. The number of carbonyl (C=O) groups is 1. The Balaban J connectivity index is 2.66. The fourth-order valence-electron chi connectivity index (χ4n) is 1.39. The maximum atomic E-state index is 10.8. The van der Waals surface area contributed by atoms with Gasteiger partial charge < -0.3 is 9.84 Å². The molecule has 0 aromatic heterocycles. The van der Waals surface area contributed by atoms with Crippen LogP contribution in [0.1, 0.15) is 5.56 Å². The van der Waals surface area contributed by atoms with Gasteiger partial charge in [0.2, 0.25) is 0 Å². The molecule has 0 bridgehead atoms. The van der Waals surface area contributed by atoms with Crippen LogP contribution in [0.5, 0.6) is 0 Å². The fraction of sp³-hybridized carbons (Fsp3) is 0.250. The van der Waals surface area contributed by atoms with Crippen LogP contribution in [-0.4, -0.2) is 24.3 Å². The van der Waals surface area contributed by atoms with E-state index in [9.17, 15) is 4.79 Å². The first-order chi connectivity index (χ1) is 7.15. The van der Waals surface area contributed by atoms with Crippen molar-refractivity contribution in [1.82, 2.24) is 0 Å². The Morgan fingerprint density at radius 3 is 2.53 bits per heavy atom. The molecule has 15 heavy (non-hydrogen) atoms. The topological polar surface area (TPSA) is 46.5 Å². The molecule has 1 aromatic rings. The molecule has 0 spiro atoms. The number of rotatable bonds is 5. The monoisotopic (exact) mass is 206 g/mol. The highest BCUT2D eigenvalue weighted by molar-refractivity contribution is 5.76. The average Bonchev–Trinajstić information content (AvgIpc) is 2.19. The third-order valence-corrected chi connectivity index (χ3v) is 2.10. The first-order valence-corrected chi connectivity index (χ1v) is 4.62. The Bertz CT molecular complexity index is 343. The van der Waals surface area contributed by atoms with Gasteiger partial charge in [-0.3, -0.25) is 0 Å². The minimum atomic E-state index is -1.00. The smallest absolute Gasteiger partial charge is 0.337 e. The normalized spacial score (nSPS) is 12.1. The molecule has 3 nitrogen and oxygen atoms in total. The first kappa shape index (κ1) is 11.5. The molecule has 1 unspecified atom stereocenters. The number of carboxylic acids is 1. The van der Waals surface area contributed by atoms with Crippen molar-refractivity contribution in [3.63, 3.8) is 0 Å². The Morgan fingerprint density at radius 1 is 1.47 bits per heavy atom. The van der Waals surface area contributed by atoms with Gasteiger partial charge in [0.05, 0.1) is 0 Å². The number of benzene rings is 1. The van der Waals surface area contributed by atoms with E-state index in [1.54, 1.807) is 0 Å². The van der Waals surface area contributed by atoms with E-state index in [2.05, 4.69) is 6.58 Å². The number of carboxylic acid groups (broad SMARTS) is 1. The van der Waals surface area contributed by atoms with Crippen molar-refractivity contribution in [1.29, 1.82) is 0 Å². The summed E-state index contributed by atoms with van der Waals surface area (Å²) in [6.45, 7) is 3.74. The molecule has 1 atom stereocenters. The van der Waals surface area contributed by atoms with Gasteiger partial charge in [-0.1, -0.05) is 36.9 Å². The highest BCUT2D eigenvalue weighted by Gasteiger charge is 2.19. The van der Waals surface area contributed by atoms with E-state index in [4.69, 9.17) is 9.84 Å². The minimum absolute atomic E-state index is 0.519. The van der Waals surface area contributed by atoms with Crippen LogP contribution in [-0.2, 0) is 16.0 Å². The van der Waals surface area contributed by atoms with Crippen LogP contribution >= 0.6 is 0 Å². The molecule has 0 aliphatic heterocycles. The van der Waals surface area contributed by atoms with Crippen LogP contribution in [0.25, 0.3) is 0 Å². The summed E-state index contributed by atoms with van der Waals surface area (Å²) in [4.78, 5) is 10.8. The van der Waals surface area contributed by atoms with Gasteiger partial charge in [0, 0.05) is 7.11 Å². The Labute approximate surface area is 89.0 Å². The van der Waals surface area contributed by atoms with Crippen LogP contribution < -0.4 is 0 Å². The average molecular weight is 206 g/mol. The SMILES string of the molecule is C=C(Cc1ccccc1)C(OC)C(=O)O. The fourth-order valence-corrected chi connectivity index (χ4v) is 1.39. The highest BCUT2D eigenvalue weighted by Crippen LogP contribution is 2.12. The van der Waals surface area contributed by atoms with E-state index >= 15 is 0 Å². The Kier molecular flexibility index (Phi) is 4.06. The zero-order valence-corrected chi connectivity index (χ0v) is 8.64. The van der Waals surface area contributed by atoms with Crippen molar-refractivity contribution in [3.8, 4) is 0 Å². The number of ether oxygens (including phenoxy) is 1. The molecule has 1 N–H and O–H groups in total. The molecule has 0 fully saturated rings. The summed E-state index contributed by atoms with van der Waals surface area (Å²) in [5, 5.41) is 8.84. The van der Waals surface area contributed by atoms with Crippen molar-refractivity contribution in [3.05, 3.63) is 48.0 Å². The summed E-state index contributed by atoms with van der Waals surface area (Å²) >= 11 is 0. The third kappa shape index (κ3) is 3.22. The van der Waals surface area contributed by atoms with Gasteiger partial charge in [0.25, 0.3) is 0 Å². The van der Waals surface area contributed by atoms with Crippen LogP contribution in [0, 0.1) is 0 Å². The molecule has 0 aliphatic rings. The lowest BCUT2D eigenvalue weighted by Gasteiger charge is -2.13. The van der Waals surface area contributed by atoms with Crippen LogP contribution in [0.4, 0.5) is 0 Å². The van der Waals surface area contributed by atoms with Crippen molar-refractivity contribution >= 4 is 5.97 Å². The molecule has 3 heteroatoms. The zero-order chi connectivity index (χ0) is 11.3. The van der Waals surface area contributed by atoms with E-state index in [0.717, 1.165) is 5.56 Å². The lowest BCUT2D eigenvalue weighted by Crippen LogP contribution is -2.25. The highest BCUT2D eigenvalue weighted by atomic mass is 16.5. The molecule has 80 valence electrons. The van der Waals surface area contributed by atoms with Crippen molar-refractivity contribution < 1.29 is 14.6 Å². The molecule has 1 rings (SSSR count). The number of aliphatic carboxylic acids is 1. The van der Waals surface area contributed by atoms with E-state index in [1.165, 1.54) is 7.11 Å². The van der Waals surface area contributed by atoms with Gasteiger partial charge in [-0.2, -0.15) is 0 Å². The van der Waals surface area contributed by atoms with E-state index in [1.807, 2.05) is 30.3 Å². The third-order valence-electron chi connectivity index (χ3n) is 2.10. The summed E-state index contributed by atoms with van der Waals surface area (Å²) in [5.41, 5.74) is 1.59. The maximum absolute atomic E-state index is 10.8. The van der Waals surface area contributed by atoms with Gasteiger partial charge >= 0.3 is 5.97 Å². The molecule has 0 saturated carbocycles. The Hall–Kier alpha value is -1.61. The van der Waals surface area contributed by atoms with Gasteiger partial charge in [0.15, 0.2) is 6.10 Å². The second-order valence-corrected chi connectivity index (χ2v) is 3.27. The van der Waals surface area contributed by atoms with Crippen molar-refractivity contribution in [2.24, 2.45) is 0 Å². The predicted molar refractivity (Wildman–Crippen MR) is 57.7 cm³/mol. The molecule has 0 radical (unpaired) electrons. The predicted octanol–water partition coefficient (Wildman–Crippen LogP) is 1.88. The van der Waals surface area contributed by atoms with Crippen LogP contribution in [0.2, 0.25) is 0 Å². The standard InChI is InChI=1S/C12H14O3/c1-9(11(15-2)12(13)14)8-10-6-4-3-5-7-10/h3-7,11H,1,8H2,2H3,(H,13,14). The van der Waals surface area contributed by atoms with Crippen molar-refractivity contribution in [2.45, 2.75) is 12.5 Å². The quantitative estimate of drug-likeness (QED) is 0.748. The lowest BCUT2D eigenvalue weighted by atomic mass is 10.0. The summed E-state index contributed by atoms with van der Waals surface area (Å²) in [5.74, 6) is -1.00. The van der Waals surface area contributed by atoms with Gasteiger partial charge in [-0.25, -0.2) is 4.79 Å². The van der Waals surface area contributed by atoms with Crippen LogP contribution in [0.3, 0.4) is 0 Å². The van der Waals surface area contributed by atoms with Crippen molar-refractivity contribution in [2.75, 3.05) is 7.11 Å². The first-order valence-electron chi connectivity index (χ1n) is 4.62. The molecular formula is C12H14O3. The molecule has 0 saturated heterocycles. The van der Waals surface area contributed by atoms with Gasteiger partial charge in [0.1, 0.15) is 0 Å². The Morgan fingerprint density at radius 2 is 2.07 bits per heavy atom. The lowest BCUT2D eigenvalue weighted by molar-refractivity contribution is -0.146. The molecule has 1 aromatic carbocycles. The second kappa shape index (κ2) is 5.32. The van der Waals surface area contributed by atoms with Gasteiger partial charge in [-0.15, -0.1) is 0 Å². The molecule has 0 amide bonds. The summed E-state index contributed by atoms with van der Waals surface area (Å²) in [6, 6.07) is 9.59. The molecule has 0 aliphatic carbocycles. The maximum Gasteiger partial charge on any atom is 0.337 e. The van der Waals surface area contributed by atoms with Crippen LogP contribution in [0.15, 0.2) is 42.5 Å². The number of hydrogen-bond acceptors (Lipinski definition) is 2. The molecular weight excluding hydrogens is 192 g/mol. The van der Waals surface area contributed by atoms with E-state index in [0.29, 0.717) is 12.0 Å².